The van der Waals surface area contributed by atoms with Crippen LogP contribution in [0.1, 0.15) is 30.6 Å². The highest BCUT2D eigenvalue weighted by molar-refractivity contribution is 9.10. The van der Waals surface area contributed by atoms with Crippen LogP contribution in [0.15, 0.2) is 15.9 Å². The molecule has 1 aliphatic rings. The molecule has 0 amide bonds. The van der Waals surface area contributed by atoms with E-state index in [0.717, 1.165) is 36.7 Å². The molecule has 1 saturated carbocycles. The van der Waals surface area contributed by atoms with Gasteiger partial charge in [0, 0.05) is 33.9 Å². The van der Waals surface area contributed by atoms with Gasteiger partial charge in [-0.15, -0.1) is 11.3 Å². The monoisotopic (exact) mass is 332 g/mol. The van der Waals surface area contributed by atoms with E-state index < -0.39 is 5.60 Å². The van der Waals surface area contributed by atoms with Gasteiger partial charge >= 0.3 is 0 Å². The predicted molar refractivity (Wildman–Crippen MR) is 79.7 cm³/mol. The van der Waals surface area contributed by atoms with Crippen LogP contribution >= 0.6 is 27.3 Å². The van der Waals surface area contributed by atoms with Gasteiger partial charge in [0.05, 0.1) is 5.60 Å². The minimum absolute atomic E-state index is 0.390. The Morgan fingerprint density at radius 3 is 2.72 bits per heavy atom. The van der Waals surface area contributed by atoms with E-state index >= 15 is 0 Å². The lowest BCUT2D eigenvalue weighted by Gasteiger charge is -2.38. The summed E-state index contributed by atoms with van der Waals surface area (Å²) >= 11 is 5.28. The highest BCUT2D eigenvalue weighted by Crippen LogP contribution is 2.31. The van der Waals surface area contributed by atoms with Crippen molar-refractivity contribution in [3.8, 4) is 0 Å². The first-order chi connectivity index (χ1) is 8.52. The summed E-state index contributed by atoms with van der Waals surface area (Å²) in [7, 11) is 2.17. The average Bonchev–Trinajstić information content (AvgIpc) is 2.75. The molecule has 102 valence electrons. The number of nitrogens with zero attached hydrogens (tertiary/aromatic N) is 1. The Hall–Kier alpha value is 0.0600. The Kier molecular flexibility index (Phi) is 4.83. The zero-order chi connectivity index (χ0) is 13.2. The molecule has 0 aliphatic heterocycles. The normalized spacial score (nSPS) is 28.8. The second kappa shape index (κ2) is 6.01. The molecular formula is C13H21BrN2OS. The van der Waals surface area contributed by atoms with E-state index in [4.69, 9.17) is 5.73 Å². The highest BCUT2D eigenvalue weighted by Gasteiger charge is 2.33. The van der Waals surface area contributed by atoms with Gasteiger partial charge in [-0.2, -0.15) is 0 Å². The first-order valence-corrected chi connectivity index (χ1v) is 8.05. The van der Waals surface area contributed by atoms with Crippen molar-refractivity contribution < 1.29 is 5.11 Å². The number of rotatable bonds is 4. The smallest absolute Gasteiger partial charge is 0.0770 e. The van der Waals surface area contributed by atoms with Gasteiger partial charge in [-0.1, -0.05) is 0 Å². The van der Waals surface area contributed by atoms with Crippen molar-refractivity contribution in [1.82, 2.24) is 4.90 Å². The molecule has 0 bridgehead atoms. The van der Waals surface area contributed by atoms with Gasteiger partial charge in [0.25, 0.3) is 0 Å². The number of hydrogen-bond donors (Lipinski definition) is 2. The van der Waals surface area contributed by atoms with Crippen LogP contribution in [-0.4, -0.2) is 35.2 Å². The molecule has 1 fully saturated rings. The van der Waals surface area contributed by atoms with Crippen molar-refractivity contribution in [3.63, 3.8) is 0 Å². The SMILES string of the molecule is CN(Cc1cc(Br)cs1)C1CCC(O)(CN)CC1. The van der Waals surface area contributed by atoms with E-state index in [1.165, 1.54) is 4.88 Å². The number of hydrogen-bond acceptors (Lipinski definition) is 4. The molecule has 1 aromatic rings. The van der Waals surface area contributed by atoms with Gasteiger partial charge in [-0.3, -0.25) is 4.90 Å². The zero-order valence-corrected chi connectivity index (χ0v) is 13.1. The van der Waals surface area contributed by atoms with Crippen molar-refractivity contribution in [2.24, 2.45) is 5.73 Å². The van der Waals surface area contributed by atoms with Gasteiger partial charge in [0.1, 0.15) is 0 Å². The lowest BCUT2D eigenvalue weighted by atomic mass is 9.82. The van der Waals surface area contributed by atoms with E-state index in [1.807, 2.05) is 0 Å². The molecule has 18 heavy (non-hydrogen) atoms. The van der Waals surface area contributed by atoms with Gasteiger partial charge in [-0.05, 0) is 54.7 Å². The molecule has 0 spiro atoms. The summed E-state index contributed by atoms with van der Waals surface area (Å²) in [6.45, 7) is 1.38. The van der Waals surface area contributed by atoms with Gasteiger partial charge in [0.15, 0.2) is 0 Å². The minimum Gasteiger partial charge on any atom is -0.389 e. The first kappa shape index (κ1) is 14.5. The summed E-state index contributed by atoms with van der Waals surface area (Å²) in [6.07, 6.45) is 3.73. The summed E-state index contributed by atoms with van der Waals surface area (Å²) in [5, 5.41) is 12.2. The van der Waals surface area contributed by atoms with E-state index in [-0.39, 0.29) is 0 Å². The van der Waals surface area contributed by atoms with Crippen molar-refractivity contribution in [1.29, 1.82) is 0 Å². The second-order valence-corrected chi connectivity index (χ2v) is 7.22. The van der Waals surface area contributed by atoms with Crippen molar-refractivity contribution in [2.75, 3.05) is 13.6 Å². The van der Waals surface area contributed by atoms with E-state index in [0.29, 0.717) is 12.6 Å². The fourth-order valence-corrected chi connectivity index (χ4v) is 4.11. The van der Waals surface area contributed by atoms with E-state index in [1.54, 1.807) is 11.3 Å². The zero-order valence-electron chi connectivity index (χ0n) is 10.7. The Bertz CT molecular complexity index is 388. The second-order valence-electron chi connectivity index (χ2n) is 5.31. The molecule has 3 nitrogen and oxygen atoms in total. The van der Waals surface area contributed by atoms with Crippen LogP contribution < -0.4 is 5.73 Å². The number of aliphatic hydroxyl groups is 1. The van der Waals surface area contributed by atoms with Gasteiger partial charge < -0.3 is 10.8 Å². The summed E-state index contributed by atoms with van der Waals surface area (Å²) in [5.74, 6) is 0. The number of thiophene rings is 1. The van der Waals surface area contributed by atoms with Crippen LogP contribution in [-0.2, 0) is 6.54 Å². The van der Waals surface area contributed by atoms with Crippen LogP contribution in [0.3, 0.4) is 0 Å². The first-order valence-electron chi connectivity index (χ1n) is 6.38. The molecule has 3 N–H and O–H groups in total. The average molecular weight is 333 g/mol. The lowest BCUT2D eigenvalue weighted by Crippen LogP contribution is -2.45. The Labute approximate surface area is 121 Å². The third-order valence-corrected chi connectivity index (χ3v) is 5.60. The Morgan fingerprint density at radius 2 is 2.22 bits per heavy atom. The molecule has 5 heteroatoms. The van der Waals surface area contributed by atoms with Crippen molar-refractivity contribution in [3.05, 3.63) is 20.8 Å². The molecule has 2 rings (SSSR count). The van der Waals surface area contributed by atoms with Crippen molar-refractivity contribution >= 4 is 27.3 Å². The molecule has 0 radical (unpaired) electrons. The topological polar surface area (TPSA) is 49.5 Å². The maximum absolute atomic E-state index is 10.1. The molecule has 0 unspecified atom stereocenters. The Balaban J connectivity index is 1.86. The molecule has 1 aromatic heterocycles. The molecule has 0 atom stereocenters. The number of nitrogens with two attached hydrogens (primary N) is 1. The fraction of sp³-hybridized carbons (Fsp3) is 0.692. The van der Waals surface area contributed by atoms with Crippen LogP contribution in [0, 0.1) is 0 Å². The van der Waals surface area contributed by atoms with E-state index in [9.17, 15) is 5.11 Å². The lowest BCUT2D eigenvalue weighted by molar-refractivity contribution is -0.0103. The summed E-state index contributed by atoms with van der Waals surface area (Å²) in [4.78, 5) is 3.78. The maximum Gasteiger partial charge on any atom is 0.0770 e. The molecule has 1 aliphatic carbocycles. The fourth-order valence-electron chi connectivity index (χ4n) is 2.60. The minimum atomic E-state index is -0.608. The van der Waals surface area contributed by atoms with Crippen LogP contribution in [0.4, 0.5) is 0 Å². The van der Waals surface area contributed by atoms with E-state index in [2.05, 4.69) is 39.3 Å². The quantitative estimate of drug-likeness (QED) is 0.890. The third-order valence-electron chi connectivity index (χ3n) is 3.92. The summed E-state index contributed by atoms with van der Waals surface area (Å²) in [5.41, 5.74) is 5.01. The summed E-state index contributed by atoms with van der Waals surface area (Å²) < 4.78 is 1.16. The van der Waals surface area contributed by atoms with Gasteiger partial charge in [0.2, 0.25) is 0 Å². The highest BCUT2D eigenvalue weighted by atomic mass is 79.9. The standard InChI is InChI=1S/C13H21BrN2OS/c1-16(7-12-6-10(14)8-18-12)11-2-4-13(17,9-15)5-3-11/h6,8,11,17H,2-5,7,9,15H2,1H3. The largest absolute Gasteiger partial charge is 0.389 e. The Morgan fingerprint density at radius 1 is 1.56 bits per heavy atom. The molecule has 0 aromatic carbocycles. The van der Waals surface area contributed by atoms with Crippen LogP contribution in [0.5, 0.6) is 0 Å². The number of halogens is 1. The molecular weight excluding hydrogens is 312 g/mol. The summed E-state index contributed by atoms with van der Waals surface area (Å²) in [6, 6.07) is 2.75. The molecule has 1 heterocycles. The maximum atomic E-state index is 10.1. The van der Waals surface area contributed by atoms with Crippen LogP contribution in [0.25, 0.3) is 0 Å². The molecule has 0 saturated heterocycles. The van der Waals surface area contributed by atoms with Crippen LogP contribution in [0.2, 0.25) is 0 Å². The predicted octanol–water partition coefficient (Wildman–Crippen LogP) is 2.57. The third kappa shape index (κ3) is 3.54. The van der Waals surface area contributed by atoms with Crippen molar-refractivity contribution in [2.45, 2.75) is 43.9 Å². The van der Waals surface area contributed by atoms with Gasteiger partial charge in [-0.25, -0.2) is 0 Å².